The van der Waals surface area contributed by atoms with Gasteiger partial charge < -0.3 is 36.2 Å². The molecule has 12 nitrogen and oxygen atoms in total. The van der Waals surface area contributed by atoms with E-state index in [1.807, 2.05) is 37.3 Å². The van der Waals surface area contributed by atoms with Crippen LogP contribution in [0.1, 0.15) is 65.5 Å². The number of aliphatic hydroxyl groups excluding tert-OH is 1. The van der Waals surface area contributed by atoms with Crippen LogP contribution < -0.4 is 26.0 Å². The first-order valence-corrected chi connectivity index (χ1v) is 16.4. The first-order chi connectivity index (χ1) is 22.7. The Bertz CT molecular complexity index is 1350. The summed E-state index contributed by atoms with van der Waals surface area (Å²) in [5.41, 5.74) is 1.55. The minimum Gasteiger partial charge on any atom is -0.497 e. The van der Waals surface area contributed by atoms with E-state index in [1.54, 1.807) is 66.0 Å². The molecule has 2 rings (SSSR count). The Morgan fingerprint density at radius 1 is 0.708 bits per heavy atom. The van der Waals surface area contributed by atoms with Gasteiger partial charge in [0.25, 0.3) is 0 Å². The summed E-state index contributed by atoms with van der Waals surface area (Å²) >= 11 is 0. The van der Waals surface area contributed by atoms with Crippen LogP contribution in [-0.4, -0.2) is 77.2 Å². The third kappa shape index (κ3) is 12.6. The molecule has 6 atom stereocenters. The van der Waals surface area contributed by atoms with Crippen molar-refractivity contribution in [1.29, 1.82) is 0 Å². The molecule has 12 heteroatoms. The zero-order valence-corrected chi connectivity index (χ0v) is 29.0. The van der Waals surface area contributed by atoms with E-state index in [2.05, 4.69) is 21.3 Å². The lowest BCUT2D eigenvalue weighted by Crippen LogP contribution is -2.57. The Hall–Kier alpha value is -4.45. The molecule has 0 radical (unpaired) electrons. The van der Waals surface area contributed by atoms with Crippen molar-refractivity contribution in [3.8, 4) is 5.75 Å². The largest absolute Gasteiger partial charge is 0.497 e. The maximum atomic E-state index is 13.6. The summed E-state index contributed by atoms with van der Waals surface area (Å²) in [6.45, 7) is 10.5. The number of hydrogen-bond donors (Lipinski definition) is 6. The fraction of sp³-hybridized carbons (Fsp3) is 0.528. The highest BCUT2D eigenvalue weighted by atomic mass is 16.5. The lowest BCUT2D eigenvalue weighted by atomic mass is 9.95. The first-order valence-electron chi connectivity index (χ1n) is 16.4. The van der Waals surface area contributed by atoms with Crippen LogP contribution in [0, 0.1) is 17.8 Å². The Morgan fingerprint density at radius 2 is 1.27 bits per heavy atom. The molecule has 0 aliphatic carbocycles. The fourth-order valence-electron chi connectivity index (χ4n) is 5.14. The van der Waals surface area contributed by atoms with Gasteiger partial charge in [0.1, 0.15) is 23.9 Å². The van der Waals surface area contributed by atoms with Crippen LogP contribution in [0.15, 0.2) is 54.6 Å². The van der Waals surface area contributed by atoms with E-state index in [1.165, 1.54) is 0 Å². The standard InChI is InChI=1S/C36H52N4O8/c1-8-23(6)33(35(45)40-32(22(4)5)36(46)47)39-30(43)20-28(41)27(18-24-12-10-9-11-13-24)37-34(44)31(21(2)3)38-29(42)19-25-14-16-26(48-7)17-15-25/h9-17,21-23,27-28,31-33,41H,8,18-20H2,1-7H3,(H,37,44)(H,38,42)(H,39,43)(H,40,45)(H,46,47)/t23-,27-,28-,31?,32?,33-/m0/s1. The average Bonchev–Trinajstić information content (AvgIpc) is 3.04. The number of methoxy groups -OCH3 is 1. The number of ether oxygens (including phenoxy) is 1. The molecule has 0 bridgehead atoms. The van der Waals surface area contributed by atoms with Gasteiger partial charge in [0.05, 0.1) is 32.1 Å². The quantitative estimate of drug-likeness (QED) is 0.132. The van der Waals surface area contributed by atoms with Crippen LogP contribution in [0.5, 0.6) is 5.75 Å². The van der Waals surface area contributed by atoms with Gasteiger partial charge in [-0.1, -0.05) is 90.4 Å². The molecular formula is C36H52N4O8. The second-order valence-corrected chi connectivity index (χ2v) is 12.9. The Kier molecular flexibility index (Phi) is 16.0. The maximum absolute atomic E-state index is 13.6. The number of carbonyl (C=O) groups is 5. The summed E-state index contributed by atoms with van der Waals surface area (Å²) in [5.74, 6) is -3.67. The molecule has 0 heterocycles. The second kappa shape index (κ2) is 19.4. The van der Waals surface area contributed by atoms with Gasteiger partial charge >= 0.3 is 5.97 Å². The topological polar surface area (TPSA) is 183 Å². The summed E-state index contributed by atoms with van der Waals surface area (Å²) in [7, 11) is 1.55. The molecule has 0 saturated carbocycles. The number of hydrogen-bond acceptors (Lipinski definition) is 7. The van der Waals surface area contributed by atoms with E-state index in [-0.39, 0.29) is 36.5 Å². The van der Waals surface area contributed by atoms with Gasteiger partial charge in [-0.25, -0.2) is 4.79 Å². The molecule has 6 N–H and O–H groups in total. The number of carboxylic acids is 1. The van der Waals surface area contributed by atoms with Crippen molar-refractivity contribution in [3.05, 3.63) is 65.7 Å². The van der Waals surface area contributed by atoms with Crippen LogP contribution in [0.3, 0.4) is 0 Å². The second-order valence-electron chi connectivity index (χ2n) is 12.9. The van der Waals surface area contributed by atoms with Crippen molar-refractivity contribution in [3.63, 3.8) is 0 Å². The normalized spacial score (nSPS) is 15.0. The van der Waals surface area contributed by atoms with Crippen LogP contribution in [0.25, 0.3) is 0 Å². The number of carbonyl (C=O) groups excluding carboxylic acids is 4. The van der Waals surface area contributed by atoms with E-state index in [4.69, 9.17) is 4.74 Å². The SMILES string of the molecule is CC[C@H](C)[C@H](NC(=O)C[C@H](O)[C@H](Cc1ccccc1)NC(=O)C(NC(=O)Cc1ccc(OC)cc1)C(C)C)C(=O)NC(C(=O)O)C(C)C. The fourth-order valence-corrected chi connectivity index (χ4v) is 5.14. The van der Waals surface area contributed by atoms with Gasteiger partial charge in [0, 0.05) is 0 Å². The number of nitrogens with one attached hydrogen (secondary N) is 4. The van der Waals surface area contributed by atoms with Crippen molar-refractivity contribution >= 4 is 29.6 Å². The number of aliphatic carboxylic acids is 1. The summed E-state index contributed by atoms with van der Waals surface area (Å²) in [6, 6.07) is 12.2. The first kappa shape index (κ1) is 39.7. The van der Waals surface area contributed by atoms with Crippen LogP contribution >= 0.6 is 0 Å². The lowest BCUT2D eigenvalue weighted by molar-refractivity contribution is -0.143. The van der Waals surface area contributed by atoms with Gasteiger partial charge in [-0.2, -0.15) is 0 Å². The predicted octanol–water partition coefficient (Wildman–Crippen LogP) is 2.61. The molecule has 2 aromatic carbocycles. The molecule has 2 unspecified atom stereocenters. The molecule has 48 heavy (non-hydrogen) atoms. The monoisotopic (exact) mass is 668 g/mol. The zero-order valence-electron chi connectivity index (χ0n) is 29.0. The van der Waals surface area contributed by atoms with Crippen LogP contribution in [0.4, 0.5) is 0 Å². The highest BCUT2D eigenvalue weighted by molar-refractivity contribution is 5.91. The van der Waals surface area contributed by atoms with E-state index in [0.29, 0.717) is 12.2 Å². The van der Waals surface area contributed by atoms with Crippen molar-refractivity contribution < 1.29 is 38.9 Å². The number of rotatable bonds is 19. The summed E-state index contributed by atoms with van der Waals surface area (Å²) in [6.07, 6.45) is -1.05. The molecular weight excluding hydrogens is 616 g/mol. The van der Waals surface area contributed by atoms with Crippen molar-refractivity contribution in [1.82, 2.24) is 21.3 Å². The average molecular weight is 669 g/mol. The van der Waals surface area contributed by atoms with Gasteiger partial charge in [-0.05, 0) is 47.4 Å². The van der Waals surface area contributed by atoms with Gasteiger partial charge in [0.15, 0.2) is 0 Å². The summed E-state index contributed by atoms with van der Waals surface area (Å²) < 4.78 is 5.16. The minimum atomic E-state index is -1.36. The van der Waals surface area contributed by atoms with Crippen LogP contribution in [0.2, 0.25) is 0 Å². The van der Waals surface area contributed by atoms with E-state index >= 15 is 0 Å². The van der Waals surface area contributed by atoms with Crippen molar-refractivity contribution in [2.75, 3.05) is 7.11 Å². The molecule has 0 fully saturated rings. The number of amides is 4. The smallest absolute Gasteiger partial charge is 0.326 e. The lowest BCUT2D eigenvalue weighted by Gasteiger charge is -2.30. The molecule has 0 saturated heterocycles. The van der Waals surface area contributed by atoms with E-state index in [9.17, 15) is 34.2 Å². The van der Waals surface area contributed by atoms with Crippen molar-refractivity contribution in [2.24, 2.45) is 17.8 Å². The predicted molar refractivity (Wildman–Crippen MR) is 182 cm³/mol. The number of aliphatic hydroxyl groups is 1. The Morgan fingerprint density at radius 3 is 1.79 bits per heavy atom. The highest BCUT2D eigenvalue weighted by Gasteiger charge is 2.33. The summed E-state index contributed by atoms with van der Waals surface area (Å²) in [4.78, 5) is 64.6. The van der Waals surface area contributed by atoms with Gasteiger partial charge in [-0.15, -0.1) is 0 Å². The summed E-state index contributed by atoms with van der Waals surface area (Å²) in [5, 5.41) is 31.7. The molecule has 0 spiro atoms. The highest BCUT2D eigenvalue weighted by Crippen LogP contribution is 2.15. The molecule has 4 amide bonds. The van der Waals surface area contributed by atoms with Crippen LogP contribution in [-0.2, 0) is 36.8 Å². The minimum absolute atomic E-state index is 0.0477. The maximum Gasteiger partial charge on any atom is 0.326 e. The molecule has 2 aromatic rings. The van der Waals surface area contributed by atoms with E-state index < -0.39 is 60.4 Å². The molecule has 0 aliphatic heterocycles. The molecule has 0 aromatic heterocycles. The molecule has 0 aliphatic rings. The van der Waals surface area contributed by atoms with Crippen molar-refractivity contribution in [2.45, 2.75) is 97.5 Å². The number of benzene rings is 2. The molecule has 264 valence electrons. The third-order valence-electron chi connectivity index (χ3n) is 8.32. The number of carboxylic acid groups (broad SMARTS) is 1. The Balaban J connectivity index is 2.20. The Labute approximate surface area is 283 Å². The zero-order chi connectivity index (χ0) is 36.0. The third-order valence-corrected chi connectivity index (χ3v) is 8.32. The van der Waals surface area contributed by atoms with Gasteiger partial charge in [0.2, 0.25) is 23.6 Å². The van der Waals surface area contributed by atoms with Gasteiger partial charge in [-0.3, -0.25) is 19.2 Å². The van der Waals surface area contributed by atoms with E-state index in [0.717, 1.165) is 11.1 Å².